The molecule has 0 unspecified atom stereocenters. The molecule has 138 valence electrons. The molecule has 6 heteroatoms. The molecule has 2 heterocycles. The van der Waals surface area contributed by atoms with Crippen molar-refractivity contribution in [3.63, 3.8) is 0 Å². The maximum atomic E-state index is 13.0. The molecule has 3 aromatic rings. The number of likely N-dealkylation sites (tertiary alicyclic amines) is 1. The van der Waals surface area contributed by atoms with Gasteiger partial charge in [-0.15, -0.1) is 0 Å². The van der Waals surface area contributed by atoms with Crippen LogP contribution >= 0.6 is 11.6 Å². The van der Waals surface area contributed by atoms with Crippen molar-refractivity contribution in [1.82, 2.24) is 15.0 Å². The molecule has 1 aromatic heterocycles. The molecule has 4 rings (SSSR count). The van der Waals surface area contributed by atoms with Crippen LogP contribution in [-0.4, -0.2) is 27.5 Å². The molecule has 0 spiro atoms. The van der Waals surface area contributed by atoms with Gasteiger partial charge in [-0.25, -0.2) is 0 Å². The van der Waals surface area contributed by atoms with E-state index in [1.807, 2.05) is 59.5 Å². The van der Waals surface area contributed by atoms with Crippen LogP contribution in [0.1, 0.15) is 36.8 Å². The van der Waals surface area contributed by atoms with Gasteiger partial charge in [-0.2, -0.15) is 4.98 Å². The maximum Gasteiger partial charge on any atom is 0.249 e. The lowest BCUT2D eigenvalue weighted by Crippen LogP contribution is -2.39. The number of amides is 1. The number of benzene rings is 2. The summed E-state index contributed by atoms with van der Waals surface area (Å²) in [7, 11) is 0. The van der Waals surface area contributed by atoms with Gasteiger partial charge in [-0.3, -0.25) is 4.79 Å². The van der Waals surface area contributed by atoms with E-state index in [2.05, 4.69) is 10.1 Å². The highest BCUT2D eigenvalue weighted by molar-refractivity contribution is 6.31. The molecule has 0 N–H and O–H groups in total. The predicted octanol–water partition coefficient (Wildman–Crippen LogP) is 4.69. The van der Waals surface area contributed by atoms with Crippen LogP contribution in [0.3, 0.4) is 0 Å². The Balaban J connectivity index is 1.55. The molecule has 0 aliphatic carbocycles. The Hall–Kier alpha value is -2.66. The highest BCUT2D eigenvalue weighted by Crippen LogP contribution is 2.32. The third kappa shape index (κ3) is 3.88. The van der Waals surface area contributed by atoms with Crippen molar-refractivity contribution < 1.29 is 9.32 Å². The zero-order chi connectivity index (χ0) is 18.6. The fourth-order valence-electron chi connectivity index (χ4n) is 3.47. The standard InChI is InChI=1S/C21H20ClN3O2/c22-17-11-5-4-10-16(17)14-19(26)25-13-7-6-12-18(25)21-23-20(24-27-21)15-8-2-1-3-9-15/h1-5,8-11,18H,6-7,12-14H2/t18-/m1/s1. The molecule has 1 aliphatic rings. The third-order valence-corrected chi connectivity index (χ3v) is 5.25. The topological polar surface area (TPSA) is 59.2 Å². The monoisotopic (exact) mass is 381 g/mol. The Morgan fingerprint density at radius 2 is 1.89 bits per heavy atom. The second kappa shape index (κ2) is 7.92. The van der Waals surface area contributed by atoms with Crippen molar-refractivity contribution in [1.29, 1.82) is 0 Å². The molecule has 1 aliphatic heterocycles. The third-order valence-electron chi connectivity index (χ3n) is 4.88. The highest BCUT2D eigenvalue weighted by Gasteiger charge is 2.32. The minimum absolute atomic E-state index is 0.0345. The predicted molar refractivity (Wildman–Crippen MR) is 103 cm³/mol. The molecule has 5 nitrogen and oxygen atoms in total. The SMILES string of the molecule is O=C(Cc1ccccc1Cl)N1CCCC[C@@H]1c1nc(-c2ccccc2)no1. The van der Waals surface area contributed by atoms with E-state index >= 15 is 0 Å². The van der Waals surface area contributed by atoms with Crippen molar-refractivity contribution in [2.24, 2.45) is 0 Å². The molecule has 27 heavy (non-hydrogen) atoms. The van der Waals surface area contributed by atoms with Crippen molar-refractivity contribution in [2.75, 3.05) is 6.54 Å². The van der Waals surface area contributed by atoms with Crippen molar-refractivity contribution in [3.8, 4) is 11.4 Å². The number of hydrogen-bond donors (Lipinski definition) is 0. The first-order valence-electron chi connectivity index (χ1n) is 9.14. The molecule has 1 saturated heterocycles. The summed E-state index contributed by atoms with van der Waals surface area (Å²) in [5.41, 5.74) is 1.74. The number of halogens is 1. The lowest BCUT2D eigenvalue weighted by molar-refractivity contribution is -0.135. The molecule has 2 aromatic carbocycles. The molecule has 1 fully saturated rings. The van der Waals surface area contributed by atoms with E-state index < -0.39 is 0 Å². The Kier molecular flexibility index (Phi) is 5.21. The van der Waals surface area contributed by atoms with Gasteiger partial charge in [-0.1, -0.05) is 65.3 Å². The highest BCUT2D eigenvalue weighted by atomic mass is 35.5. The summed E-state index contributed by atoms with van der Waals surface area (Å²) < 4.78 is 5.53. The fourth-order valence-corrected chi connectivity index (χ4v) is 3.67. The number of hydrogen-bond acceptors (Lipinski definition) is 4. The lowest BCUT2D eigenvalue weighted by atomic mass is 10.0. The normalized spacial score (nSPS) is 17.1. The van der Waals surface area contributed by atoms with Gasteiger partial charge in [0.1, 0.15) is 6.04 Å². The average molecular weight is 382 g/mol. The second-order valence-electron chi connectivity index (χ2n) is 6.69. The number of aromatic nitrogens is 2. The first-order valence-corrected chi connectivity index (χ1v) is 9.52. The smallest absolute Gasteiger partial charge is 0.249 e. The Labute approximate surface area is 163 Å². The minimum atomic E-state index is -0.182. The molecule has 1 atom stereocenters. The quantitative estimate of drug-likeness (QED) is 0.658. The van der Waals surface area contributed by atoms with E-state index in [0.29, 0.717) is 23.3 Å². The minimum Gasteiger partial charge on any atom is -0.337 e. The van der Waals surface area contributed by atoms with E-state index in [1.54, 1.807) is 0 Å². The summed E-state index contributed by atoms with van der Waals surface area (Å²) in [6, 6.07) is 17.0. The summed E-state index contributed by atoms with van der Waals surface area (Å²) in [4.78, 5) is 19.4. The van der Waals surface area contributed by atoms with Crippen molar-refractivity contribution in [3.05, 3.63) is 71.1 Å². The van der Waals surface area contributed by atoms with Crippen LogP contribution in [0, 0.1) is 0 Å². The van der Waals surface area contributed by atoms with Gasteiger partial charge >= 0.3 is 0 Å². The Bertz CT molecular complexity index is 926. The van der Waals surface area contributed by atoms with E-state index in [0.717, 1.165) is 30.4 Å². The average Bonchev–Trinajstić information content (AvgIpc) is 3.20. The van der Waals surface area contributed by atoms with E-state index in [-0.39, 0.29) is 18.4 Å². The largest absolute Gasteiger partial charge is 0.337 e. The Morgan fingerprint density at radius 1 is 1.11 bits per heavy atom. The van der Waals surface area contributed by atoms with Gasteiger partial charge < -0.3 is 9.42 Å². The van der Waals surface area contributed by atoms with Crippen LogP contribution in [-0.2, 0) is 11.2 Å². The number of rotatable bonds is 4. The summed E-state index contributed by atoms with van der Waals surface area (Å²) in [6.45, 7) is 0.691. The summed E-state index contributed by atoms with van der Waals surface area (Å²) in [5.74, 6) is 1.09. The second-order valence-corrected chi connectivity index (χ2v) is 7.10. The van der Waals surface area contributed by atoms with Gasteiger partial charge in [0.25, 0.3) is 0 Å². The van der Waals surface area contributed by atoms with Gasteiger partial charge in [0.15, 0.2) is 0 Å². The van der Waals surface area contributed by atoms with E-state index in [9.17, 15) is 4.79 Å². The van der Waals surface area contributed by atoms with Crippen LogP contribution in [0.15, 0.2) is 59.1 Å². The van der Waals surface area contributed by atoms with Gasteiger partial charge in [0.05, 0.1) is 6.42 Å². The van der Waals surface area contributed by atoms with Crippen LogP contribution in [0.25, 0.3) is 11.4 Å². The number of piperidine rings is 1. The summed E-state index contributed by atoms with van der Waals surface area (Å²) >= 11 is 6.22. The molecule has 0 radical (unpaired) electrons. The van der Waals surface area contributed by atoms with E-state index in [4.69, 9.17) is 16.1 Å². The van der Waals surface area contributed by atoms with E-state index in [1.165, 1.54) is 0 Å². The van der Waals surface area contributed by atoms with Crippen LogP contribution < -0.4 is 0 Å². The molecule has 0 saturated carbocycles. The lowest BCUT2D eigenvalue weighted by Gasteiger charge is -2.33. The molecular formula is C21H20ClN3O2. The first kappa shape index (κ1) is 17.7. The maximum absolute atomic E-state index is 13.0. The number of carbonyl (C=O) groups excluding carboxylic acids is 1. The zero-order valence-corrected chi connectivity index (χ0v) is 15.6. The van der Waals surface area contributed by atoms with Crippen LogP contribution in [0.4, 0.5) is 0 Å². The number of nitrogens with zero attached hydrogens (tertiary/aromatic N) is 3. The number of carbonyl (C=O) groups is 1. The van der Waals surface area contributed by atoms with Crippen LogP contribution in [0.2, 0.25) is 5.02 Å². The molecule has 1 amide bonds. The van der Waals surface area contributed by atoms with Gasteiger partial charge in [0, 0.05) is 17.1 Å². The van der Waals surface area contributed by atoms with Gasteiger partial charge in [-0.05, 0) is 30.9 Å². The summed E-state index contributed by atoms with van der Waals surface area (Å²) in [6.07, 6.45) is 3.11. The fraction of sp³-hybridized carbons (Fsp3) is 0.286. The van der Waals surface area contributed by atoms with Crippen molar-refractivity contribution >= 4 is 17.5 Å². The zero-order valence-electron chi connectivity index (χ0n) is 14.8. The Morgan fingerprint density at radius 3 is 2.70 bits per heavy atom. The van der Waals surface area contributed by atoms with Crippen molar-refractivity contribution in [2.45, 2.75) is 31.7 Å². The van der Waals surface area contributed by atoms with Crippen LogP contribution in [0.5, 0.6) is 0 Å². The molecular weight excluding hydrogens is 362 g/mol. The first-order chi connectivity index (χ1) is 13.2. The van der Waals surface area contributed by atoms with Gasteiger partial charge in [0.2, 0.25) is 17.6 Å². The summed E-state index contributed by atoms with van der Waals surface area (Å²) in [5, 5.41) is 4.72. The molecule has 0 bridgehead atoms.